The molecule has 382 valence electrons. The SMILES string of the molecule is CCCCCCCCCCCCCCCCCCN(C(=O)CCCCCCCCCCCCCCCCC)[C@@H]1O[C@H](CO)[C@@H](O)[C@H](O)[C@H]1N(C(=O)OCc1ccccc1)C(=O)[C@@H](N)C(C)C. The number of imide groups is 1. The molecule has 1 aromatic carbocycles. The third kappa shape index (κ3) is 24.6. The van der Waals surface area contributed by atoms with Crippen LogP contribution >= 0.6 is 0 Å². The molecule has 5 N–H and O–H groups in total. The van der Waals surface area contributed by atoms with Crippen molar-refractivity contribution in [2.45, 2.75) is 276 Å². The lowest BCUT2D eigenvalue weighted by molar-refractivity contribution is -0.245. The second kappa shape index (κ2) is 38.3. The van der Waals surface area contributed by atoms with E-state index in [0.29, 0.717) is 18.4 Å². The Labute approximate surface area is 402 Å². The van der Waals surface area contributed by atoms with Crippen molar-refractivity contribution in [2.24, 2.45) is 11.7 Å². The number of rotatable bonds is 40. The zero-order valence-electron chi connectivity index (χ0n) is 42.5. The summed E-state index contributed by atoms with van der Waals surface area (Å²) in [6.45, 7) is 7.49. The minimum Gasteiger partial charge on any atom is -0.444 e. The van der Waals surface area contributed by atoms with E-state index in [1.165, 1.54) is 153 Å². The molecule has 0 radical (unpaired) electrons. The fourth-order valence-electron chi connectivity index (χ4n) is 9.23. The van der Waals surface area contributed by atoms with E-state index in [1.807, 2.05) is 18.2 Å². The zero-order valence-corrected chi connectivity index (χ0v) is 42.5. The van der Waals surface area contributed by atoms with Crippen LogP contribution in [0.3, 0.4) is 0 Å². The number of unbranched alkanes of at least 4 members (excludes halogenated alkanes) is 29. The van der Waals surface area contributed by atoms with Crippen LogP contribution in [0.25, 0.3) is 0 Å². The smallest absolute Gasteiger partial charge is 0.417 e. The number of carbonyl (C=O) groups is 3. The molecule has 1 aliphatic rings. The van der Waals surface area contributed by atoms with Crippen LogP contribution in [0.4, 0.5) is 4.79 Å². The molecule has 0 spiro atoms. The standard InChI is InChI=1S/C55H99N3O8/c1-5-7-9-11-13-15-17-19-21-23-25-27-29-31-33-38-42-57(48(60)41-37-32-30-28-26-24-22-20-18-16-14-12-10-8-6-2)54-50(52(62)51(61)47(43-59)66-54)58(53(63)49(56)45(3)4)55(64)65-44-46-39-35-34-36-40-46/h34-36,39-40,45,47,49-52,54,59,61-62H,5-33,37-38,41-44,56H2,1-4H3/t47-,49+,50-,51-,52-,54-/m1/s1. The van der Waals surface area contributed by atoms with Crippen molar-refractivity contribution in [1.82, 2.24) is 9.80 Å². The second-order valence-corrected chi connectivity index (χ2v) is 19.8. The van der Waals surface area contributed by atoms with Gasteiger partial charge in [0.1, 0.15) is 31.0 Å². The van der Waals surface area contributed by atoms with Gasteiger partial charge in [0.25, 0.3) is 0 Å². The Kier molecular flexibility index (Phi) is 34.6. The van der Waals surface area contributed by atoms with Gasteiger partial charge in [-0.25, -0.2) is 9.69 Å². The summed E-state index contributed by atoms with van der Waals surface area (Å²) >= 11 is 0. The Balaban J connectivity index is 2.11. The summed E-state index contributed by atoms with van der Waals surface area (Å²) in [5.74, 6) is -1.42. The third-order valence-corrected chi connectivity index (χ3v) is 13.7. The van der Waals surface area contributed by atoms with Gasteiger partial charge in [0, 0.05) is 13.0 Å². The number of nitrogens with two attached hydrogens (primary N) is 1. The van der Waals surface area contributed by atoms with Gasteiger partial charge in [-0.2, -0.15) is 0 Å². The van der Waals surface area contributed by atoms with E-state index in [-0.39, 0.29) is 31.4 Å². The van der Waals surface area contributed by atoms with Crippen LogP contribution in [0.5, 0.6) is 0 Å². The van der Waals surface area contributed by atoms with Crippen molar-refractivity contribution in [3.8, 4) is 0 Å². The normalized spacial score (nSPS) is 19.0. The first-order chi connectivity index (χ1) is 32.1. The first-order valence-electron chi connectivity index (χ1n) is 27.3. The van der Waals surface area contributed by atoms with E-state index >= 15 is 0 Å². The van der Waals surface area contributed by atoms with Crippen LogP contribution in [0, 0.1) is 5.92 Å². The van der Waals surface area contributed by atoms with E-state index in [1.54, 1.807) is 26.0 Å². The minimum absolute atomic E-state index is 0.155. The van der Waals surface area contributed by atoms with Crippen molar-refractivity contribution in [2.75, 3.05) is 13.2 Å². The molecule has 6 atom stereocenters. The fourth-order valence-corrected chi connectivity index (χ4v) is 9.23. The van der Waals surface area contributed by atoms with E-state index in [0.717, 1.165) is 43.4 Å². The Morgan fingerprint density at radius 1 is 0.621 bits per heavy atom. The number of aliphatic hydroxyl groups excluding tert-OH is 3. The second-order valence-electron chi connectivity index (χ2n) is 19.8. The molecule has 2 rings (SSSR count). The third-order valence-electron chi connectivity index (χ3n) is 13.7. The number of aliphatic hydroxyl groups is 3. The van der Waals surface area contributed by atoms with Crippen LogP contribution < -0.4 is 5.73 Å². The highest BCUT2D eigenvalue weighted by Gasteiger charge is 2.54. The first kappa shape index (κ1) is 59.6. The van der Waals surface area contributed by atoms with E-state index in [9.17, 15) is 29.7 Å². The zero-order chi connectivity index (χ0) is 48.2. The largest absolute Gasteiger partial charge is 0.444 e. The lowest BCUT2D eigenvalue weighted by Gasteiger charge is -2.49. The average Bonchev–Trinajstić information content (AvgIpc) is 3.32. The van der Waals surface area contributed by atoms with Gasteiger partial charge < -0.3 is 35.4 Å². The molecule has 0 unspecified atom stereocenters. The topological polar surface area (TPSA) is 163 Å². The van der Waals surface area contributed by atoms with Crippen molar-refractivity contribution in [3.05, 3.63) is 35.9 Å². The summed E-state index contributed by atoms with van der Waals surface area (Å²) in [7, 11) is 0. The molecule has 1 aromatic rings. The molecular formula is C55H99N3O8. The molecule has 66 heavy (non-hydrogen) atoms. The molecule has 3 amide bonds. The van der Waals surface area contributed by atoms with Gasteiger partial charge >= 0.3 is 6.09 Å². The molecule has 0 bridgehead atoms. The van der Waals surface area contributed by atoms with Gasteiger partial charge in [0.05, 0.1) is 12.6 Å². The number of ether oxygens (including phenoxy) is 2. The predicted molar refractivity (Wildman–Crippen MR) is 269 cm³/mol. The van der Waals surface area contributed by atoms with Crippen LogP contribution in [-0.4, -0.2) is 92.8 Å². The monoisotopic (exact) mass is 930 g/mol. The lowest BCUT2D eigenvalue weighted by atomic mass is 9.92. The van der Waals surface area contributed by atoms with Crippen LogP contribution in [0.2, 0.25) is 0 Å². The molecular weight excluding hydrogens is 831 g/mol. The predicted octanol–water partition coefficient (Wildman–Crippen LogP) is 12.3. The Morgan fingerprint density at radius 2 is 1.03 bits per heavy atom. The van der Waals surface area contributed by atoms with Gasteiger partial charge in [-0.1, -0.05) is 244 Å². The van der Waals surface area contributed by atoms with Crippen molar-refractivity contribution in [3.63, 3.8) is 0 Å². The van der Waals surface area contributed by atoms with Gasteiger partial charge in [-0.15, -0.1) is 0 Å². The highest BCUT2D eigenvalue weighted by Crippen LogP contribution is 2.31. The number of carbonyl (C=O) groups excluding carboxylic acids is 3. The molecule has 11 nitrogen and oxygen atoms in total. The Hall–Kier alpha value is -2.57. The van der Waals surface area contributed by atoms with E-state index in [2.05, 4.69) is 13.8 Å². The number of hydrogen-bond donors (Lipinski definition) is 4. The summed E-state index contributed by atoms with van der Waals surface area (Å²) < 4.78 is 12.0. The molecule has 11 heteroatoms. The van der Waals surface area contributed by atoms with Crippen molar-refractivity contribution in [1.29, 1.82) is 0 Å². The van der Waals surface area contributed by atoms with Gasteiger partial charge in [0.15, 0.2) is 6.23 Å². The molecule has 0 aromatic heterocycles. The summed E-state index contributed by atoms with van der Waals surface area (Å²) in [6, 6.07) is 6.32. The highest BCUT2D eigenvalue weighted by atomic mass is 16.6. The number of nitrogens with zero attached hydrogens (tertiary/aromatic N) is 2. The molecule has 1 saturated heterocycles. The first-order valence-corrected chi connectivity index (χ1v) is 27.3. The Bertz CT molecular complexity index is 1350. The summed E-state index contributed by atoms with van der Waals surface area (Å²) in [5, 5.41) is 33.4. The van der Waals surface area contributed by atoms with Crippen molar-refractivity contribution < 1.29 is 39.2 Å². The van der Waals surface area contributed by atoms with Gasteiger partial charge in [-0.3, -0.25) is 9.59 Å². The van der Waals surface area contributed by atoms with Crippen LogP contribution in [-0.2, 0) is 25.7 Å². The van der Waals surface area contributed by atoms with Gasteiger partial charge in [-0.05, 0) is 24.3 Å². The summed E-state index contributed by atoms with van der Waals surface area (Å²) in [6.07, 6.45) is 30.6. The number of benzene rings is 1. The van der Waals surface area contributed by atoms with E-state index < -0.39 is 55.2 Å². The molecule has 1 aliphatic heterocycles. The number of hydrogen-bond acceptors (Lipinski definition) is 9. The molecule has 0 aliphatic carbocycles. The average molecular weight is 930 g/mol. The van der Waals surface area contributed by atoms with Crippen LogP contribution in [0.1, 0.15) is 239 Å². The van der Waals surface area contributed by atoms with E-state index in [4.69, 9.17) is 15.2 Å². The maximum Gasteiger partial charge on any atom is 0.417 e. The highest BCUT2D eigenvalue weighted by molar-refractivity contribution is 5.95. The van der Waals surface area contributed by atoms with Gasteiger partial charge in [0.2, 0.25) is 11.8 Å². The van der Waals surface area contributed by atoms with Crippen molar-refractivity contribution >= 4 is 17.9 Å². The fraction of sp³-hybridized carbons (Fsp3) is 0.836. The van der Waals surface area contributed by atoms with Crippen LogP contribution in [0.15, 0.2) is 30.3 Å². The molecule has 1 fully saturated rings. The number of amides is 3. The minimum atomic E-state index is -1.76. The molecule has 0 saturated carbocycles. The maximum absolute atomic E-state index is 14.4. The summed E-state index contributed by atoms with van der Waals surface area (Å²) in [5.41, 5.74) is 7.08. The summed E-state index contributed by atoms with van der Waals surface area (Å²) in [4.78, 5) is 45.0. The lowest BCUT2D eigenvalue weighted by Crippen LogP contribution is -2.71. The maximum atomic E-state index is 14.4. The molecule has 1 heterocycles. The Morgan fingerprint density at radius 3 is 1.44 bits per heavy atom. The quantitative estimate of drug-likeness (QED) is 0.0469.